The van der Waals surface area contributed by atoms with Crippen LogP contribution in [0.5, 0.6) is 0 Å². The summed E-state index contributed by atoms with van der Waals surface area (Å²) >= 11 is 3.65. The number of thiophene rings is 2. The summed E-state index contributed by atoms with van der Waals surface area (Å²) in [6.45, 7) is 0. The summed E-state index contributed by atoms with van der Waals surface area (Å²) in [4.78, 5) is 30.9. The minimum Gasteiger partial charge on any atom is -0.309 e. The van der Waals surface area contributed by atoms with E-state index < -0.39 is 0 Å². The van der Waals surface area contributed by atoms with E-state index >= 15 is 0 Å². The number of pyridine rings is 2. The molecule has 14 aromatic carbocycles. The van der Waals surface area contributed by atoms with Crippen LogP contribution >= 0.6 is 22.7 Å². The molecule has 0 atom stereocenters. The maximum Gasteiger partial charge on any atom is 0.160 e. The molecule has 21 aromatic rings. The number of nitrogens with zero attached hydrogens (tertiary/aromatic N) is 7. The monoisotopic (exact) mass is 1400 g/mol. The van der Waals surface area contributed by atoms with Crippen LogP contribution < -0.4 is 0 Å². The SMILES string of the molecule is c1ccc(-c2cc(-c3ccc(-c4ccc5c(c4)nc(-c4ccccc4)c4sc6ccccc6c45)cc3)nc(-c3ccccc3)n2)cc1.c1ccc(-c2nc(-c3ccc(-c4ccc5c(c4)nc(-c4ccccc4)c4sc6ccccc6c45)cc3)cc(-c3cccc(-n4c5ccccc5c5ccccc54)c3)n2)cc1. The standard InChI is InChI=1S/C55H34N4S.C43H27N3S/c1-3-14-37(15-4-1)53-54-52(45-22-9-12-25-51(45)60-54)44-31-30-39(33-48(44)56-53)35-26-28-36(29-27-35)46-34-47(58-55(57-46)38-16-5-2-6-17-38)40-18-13-19-41(32-40)59-49-23-10-7-20-42(49)43-21-8-11-24-50(43)59;1-4-12-29(13-5-1)36-27-37(46-43(45-36)32-16-8-3-9-17-32)30-22-20-28(21-23-30)33-24-25-34-38(26-33)44-41(31-14-6-2-7-15-31)42-40(34)35-18-10-11-19-39(35)47-42/h1-34H;1-27H. The quantitative estimate of drug-likeness (QED) is 0.128. The van der Waals surface area contributed by atoms with E-state index in [2.05, 4.69) is 320 Å². The molecule has 0 aliphatic carbocycles. The molecular weight excluding hydrogens is 1340 g/mol. The Bertz CT molecular complexity index is 6850. The van der Waals surface area contributed by atoms with Gasteiger partial charge in [-0.25, -0.2) is 29.9 Å². The van der Waals surface area contributed by atoms with Gasteiger partial charge in [0.25, 0.3) is 0 Å². The molecular formula is C98H61N7S2. The van der Waals surface area contributed by atoms with E-state index in [9.17, 15) is 0 Å². The van der Waals surface area contributed by atoms with Crippen molar-refractivity contribution in [3.63, 3.8) is 0 Å². The number of rotatable bonds is 11. The number of benzene rings is 14. The van der Waals surface area contributed by atoms with Gasteiger partial charge in [0.2, 0.25) is 0 Å². The fourth-order valence-corrected chi connectivity index (χ4v) is 17.6. The third-order valence-corrected chi connectivity index (χ3v) is 22.7. The van der Waals surface area contributed by atoms with E-state index in [0.29, 0.717) is 11.6 Å². The Morgan fingerprint density at radius 1 is 0.206 bits per heavy atom. The van der Waals surface area contributed by atoms with Gasteiger partial charge in [-0.05, 0) is 82.9 Å². The summed E-state index contributed by atoms with van der Waals surface area (Å²) < 4.78 is 7.37. The Balaban J connectivity index is 0.000000146. The van der Waals surface area contributed by atoms with Crippen molar-refractivity contribution in [1.29, 1.82) is 0 Å². The van der Waals surface area contributed by atoms with Crippen molar-refractivity contribution in [2.24, 2.45) is 0 Å². The minimum absolute atomic E-state index is 0.691. The predicted octanol–water partition coefficient (Wildman–Crippen LogP) is 26.6. The second-order valence-corrected chi connectivity index (χ2v) is 28.9. The first-order valence-electron chi connectivity index (χ1n) is 35.9. The van der Waals surface area contributed by atoms with Crippen molar-refractivity contribution in [2.45, 2.75) is 0 Å². The fraction of sp³-hybridized carbons (Fsp3) is 0. The fourth-order valence-electron chi connectivity index (χ4n) is 15.1. The third kappa shape index (κ3) is 11.6. The van der Waals surface area contributed by atoms with E-state index in [-0.39, 0.29) is 0 Å². The highest BCUT2D eigenvalue weighted by Crippen LogP contribution is 2.46. The Labute approximate surface area is 625 Å². The van der Waals surface area contributed by atoms with Gasteiger partial charge in [0.1, 0.15) is 0 Å². The highest BCUT2D eigenvalue weighted by Gasteiger charge is 2.21. The summed E-state index contributed by atoms with van der Waals surface area (Å²) in [6, 6.07) is 130. The van der Waals surface area contributed by atoms with Crippen LogP contribution in [0.3, 0.4) is 0 Å². The Morgan fingerprint density at radius 3 is 0.963 bits per heavy atom. The number of hydrogen-bond acceptors (Lipinski definition) is 8. The second kappa shape index (κ2) is 26.8. The second-order valence-electron chi connectivity index (χ2n) is 26.8. The van der Waals surface area contributed by atoms with Crippen LogP contribution in [-0.2, 0) is 0 Å². The molecule has 7 aromatic heterocycles. The molecule has 0 bridgehead atoms. The normalized spacial score (nSPS) is 11.6. The smallest absolute Gasteiger partial charge is 0.160 e. The van der Waals surface area contributed by atoms with E-state index in [1.807, 2.05) is 77.3 Å². The Morgan fingerprint density at radius 2 is 0.533 bits per heavy atom. The van der Waals surface area contributed by atoms with Gasteiger partial charge in [-0.3, -0.25) is 0 Å². The summed E-state index contributed by atoms with van der Waals surface area (Å²) in [5.41, 5.74) is 23.9. The summed E-state index contributed by atoms with van der Waals surface area (Å²) in [5, 5.41) is 9.94. The van der Waals surface area contributed by atoms with Gasteiger partial charge in [-0.2, -0.15) is 0 Å². The molecule has 107 heavy (non-hydrogen) atoms. The third-order valence-electron chi connectivity index (χ3n) is 20.3. The molecule has 0 aliphatic heterocycles. The van der Waals surface area contributed by atoms with Gasteiger partial charge in [0.15, 0.2) is 11.6 Å². The van der Waals surface area contributed by atoms with Crippen molar-refractivity contribution >= 4 is 107 Å². The maximum absolute atomic E-state index is 5.34. The first kappa shape index (κ1) is 63.0. The zero-order valence-electron chi connectivity index (χ0n) is 57.7. The maximum atomic E-state index is 5.34. The van der Waals surface area contributed by atoms with Crippen LogP contribution in [-0.4, -0.2) is 34.5 Å². The molecule has 0 aliphatic rings. The topological polar surface area (TPSA) is 82.3 Å². The van der Waals surface area contributed by atoms with E-state index in [0.717, 1.165) is 118 Å². The number of hydrogen-bond donors (Lipinski definition) is 0. The van der Waals surface area contributed by atoms with Gasteiger partial charge < -0.3 is 4.57 Å². The average Bonchev–Trinajstić information content (AvgIpc) is 1.64. The molecule has 0 spiro atoms. The molecule has 0 unspecified atom stereocenters. The summed E-state index contributed by atoms with van der Waals surface area (Å²) in [6.07, 6.45) is 0. The van der Waals surface area contributed by atoms with E-state index in [1.165, 1.54) is 72.9 Å². The van der Waals surface area contributed by atoms with E-state index in [1.54, 1.807) is 0 Å². The zero-order chi connectivity index (χ0) is 70.7. The van der Waals surface area contributed by atoms with Crippen LogP contribution in [0, 0.1) is 0 Å². The minimum atomic E-state index is 0.691. The van der Waals surface area contributed by atoms with E-state index in [4.69, 9.17) is 29.9 Å². The lowest BCUT2D eigenvalue weighted by Gasteiger charge is -2.13. The molecule has 500 valence electrons. The van der Waals surface area contributed by atoms with Crippen molar-refractivity contribution in [3.05, 3.63) is 370 Å². The van der Waals surface area contributed by atoms with Crippen LogP contribution in [0.4, 0.5) is 0 Å². The molecule has 0 saturated carbocycles. The molecule has 0 radical (unpaired) electrons. The van der Waals surface area contributed by atoms with Gasteiger partial charge in [-0.1, -0.05) is 309 Å². The van der Waals surface area contributed by atoms with Crippen molar-refractivity contribution in [1.82, 2.24) is 34.5 Å². The van der Waals surface area contributed by atoms with Gasteiger partial charge in [0, 0.05) is 103 Å². The molecule has 7 heterocycles. The number of aromatic nitrogens is 7. The van der Waals surface area contributed by atoms with Gasteiger partial charge >= 0.3 is 0 Å². The lowest BCUT2D eigenvalue weighted by molar-refractivity contribution is 1.16. The van der Waals surface area contributed by atoms with Crippen LogP contribution in [0.2, 0.25) is 0 Å². The van der Waals surface area contributed by atoms with Crippen molar-refractivity contribution in [3.8, 4) is 118 Å². The lowest BCUT2D eigenvalue weighted by atomic mass is 9.98. The Kier molecular flexibility index (Phi) is 15.8. The average molecular weight is 1400 g/mol. The highest BCUT2D eigenvalue weighted by molar-refractivity contribution is 7.27. The number of para-hydroxylation sites is 2. The first-order valence-corrected chi connectivity index (χ1v) is 37.5. The molecule has 0 fully saturated rings. The highest BCUT2D eigenvalue weighted by atomic mass is 32.1. The van der Waals surface area contributed by atoms with Crippen molar-refractivity contribution in [2.75, 3.05) is 0 Å². The Hall–Kier alpha value is -13.7. The van der Waals surface area contributed by atoms with Gasteiger partial charge in [-0.15, -0.1) is 22.7 Å². The molecule has 0 saturated heterocycles. The molecule has 21 rings (SSSR count). The van der Waals surface area contributed by atoms with Crippen LogP contribution in [0.25, 0.3) is 202 Å². The van der Waals surface area contributed by atoms with Gasteiger partial charge in [0.05, 0.1) is 65.6 Å². The summed E-state index contributed by atoms with van der Waals surface area (Å²) in [5.74, 6) is 1.41. The molecule has 9 heteroatoms. The van der Waals surface area contributed by atoms with Crippen LogP contribution in [0.15, 0.2) is 370 Å². The first-order chi connectivity index (χ1) is 53.0. The van der Waals surface area contributed by atoms with Crippen LogP contribution in [0.1, 0.15) is 0 Å². The van der Waals surface area contributed by atoms with Crippen molar-refractivity contribution < 1.29 is 0 Å². The molecule has 0 N–H and O–H groups in total. The lowest BCUT2D eigenvalue weighted by Crippen LogP contribution is -1.98. The predicted molar refractivity (Wildman–Crippen MR) is 449 cm³/mol. The summed E-state index contributed by atoms with van der Waals surface area (Å²) in [7, 11) is 0. The molecule has 0 amide bonds. The molecule has 7 nitrogen and oxygen atoms in total. The number of fused-ring (bicyclic) bond motifs is 13. The largest absolute Gasteiger partial charge is 0.309 e. The zero-order valence-corrected chi connectivity index (χ0v) is 59.3.